The summed E-state index contributed by atoms with van der Waals surface area (Å²) in [6, 6.07) is 13.1. The number of amides is 1. The van der Waals surface area contributed by atoms with Crippen LogP contribution in [0.1, 0.15) is 12.5 Å². The van der Waals surface area contributed by atoms with Crippen LogP contribution in [-0.4, -0.2) is 55.8 Å². The van der Waals surface area contributed by atoms with Crippen LogP contribution in [0, 0.1) is 0 Å². The molecule has 1 amide bonds. The van der Waals surface area contributed by atoms with Crippen molar-refractivity contribution >= 4 is 52.3 Å². The van der Waals surface area contributed by atoms with Crippen LogP contribution < -0.4 is 20.3 Å². The lowest BCUT2D eigenvalue weighted by Gasteiger charge is -2.36. The smallest absolute Gasteiger partial charge is 0.250 e. The number of anilines is 2. The summed E-state index contributed by atoms with van der Waals surface area (Å²) in [7, 11) is 1.61. The van der Waals surface area contributed by atoms with Crippen molar-refractivity contribution in [3.05, 3.63) is 59.1 Å². The highest BCUT2D eigenvalue weighted by atomic mass is 35.5. The van der Waals surface area contributed by atoms with E-state index >= 15 is 0 Å². The molecule has 3 rings (SSSR count). The predicted octanol–water partition coefficient (Wildman–Crippen LogP) is 4.02. The highest BCUT2D eigenvalue weighted by Gasteiger charge is 2.18. The first kappa shape index (κ1) is 23.1. The Bertz CT molecular complexity index is 941. The molecular weight excluding hydrogens is 432 g/mol. The van der Waals surface area contributed by atoms with Crippen LogP contribution in [0.2, 0.25) is 5.02 Å². The van der Waals surface area contributed by atoms with E-state index in [9.17, 15) is 4.79 Å². The fourth-order valence-corrected chi connectivity index (χ4v) is 3.87. The quantitative estimate of drug-likeness (QED) is 0.503. The molecular formula is C23H27ClN4O2S. The minimum atomic E-state index is -0.315. The van der Waals surface area contributed by atoms with Crippen molar-refractivity contribution in [3.63, 3.8) is 0 Å². The van der Waals surface area contributed by atoms with E-state index in [4.69, 9.17) is 28.6 Å². The van der Waals surface area contributed by atoms with Gasteiger partial charge < -0.3 is 19.9 Å². The maximum atomic E-state index is 12.1. The summed E-state index contributed by atoms with van der Waals surface area (Å²) in [6.07, 6.45) is 3.14. The summed E-state index contributed by atoms with van der Waals surface area (Å²) in [5.41, 5.74) is 2.63. The summed E-state index contributed by atoms with van der Waals surface area (Å²) in [5, 5.41) is 6.52. The van der Waals surface area contributed by atoms with Gasteiger partial charge in [0.2, 0.25) is 5.91 Å². The third-order valence-corrected chi connectivity index (χ3v) is 5.65. The first-order valence-electron chi connectivity index (χ1n) is 10.2. The molecule has 0 bridgehead atoms. The first-order chi connectivity index (χ1) is 15.0. The summed E-state index contributed by atoms with van der Waals surface area (Å²) in [6.45, 7) is 7.23. The van der Waals surface area contributed by atoms with Gasteiger partial charge in [0.05, 0.1) is 17.8 Å². The zero-order valence-corrected chi connectivity index (χ0v) is 19.3. The standard InChI is InChI=1S/C23H27ClN4O2S/c1-3-27-12-14-28(15-13-27)21-10-7-18(16-20(21)24)25-23(31)26-22(29)11-6-17-4-8-19(30-2)9-5-17/h4-11,16H,3,12-15H2,1-2H3,(H2,25,26,29,31)/b11-6+. The monoisotopic (exact) mass is 458 g/mol. The lowest BCUT2D eigenvalue weighted by molar-refractivity contribution is -0.115. The summed E-state index contributed by atoms with van der Waals surface area (Å²) in [5.74, 6) is 0.449. The van der Waals surface area contributed by atoms with Crippen molar-refractivity contribution in [2.24, 2.45) is 0 Å². The number of methoxy groups -OCH3 is 1. The Morgan fingerprint density at radius 1 is 1.16 bits per heavy atom. The molecule has 2 aromatic carbocycles. The van der Waals surface area contributed by atoms with Crippen LogP contribution in [0.5, 0.6) is 5.75 Å². The van der Waals surface area contributed by atoms with Crippen molar-refractivity contribution in [1.29, 1.82) is 0 Å². The van der Waals surface area contributed by atoms with Crippen LogP contribution in [-0.2, 0) is 4.79 Å². The molecule has 31 heavy (non-hydrogen) atoms. The highest BCUT2D eigenvalue weighted by Crippen LogP contribution is 2.29. The van der Waals surface area contributed by atoms with Gasteiger partial charge >= 0.3 is 0 Å². The van der Waals surface area contributed by atoms with Crippen LogP contribution in [0.15, 0.2) is 48.5 Å². The second kappa shape index (κ2) is 11.1. The number of hydrogen-bond acceptors (Lipinski definition) is 5. The average molecular weight is 459 g/mol. The number of nitrogens with one attached hydrogen (secondary N) is 2. The number of hydrogen-bond donors (Lipinski definition) is 2. The van der Waals surface area contributed by atoms with Crippen molar-refractivity contribution in [2.45, 2.75) is 6.92 Å². The molecule has 0 unspecified atom stereocenters. The van der Waals surface area contributed by atoms with Gasteiger partial charge in [-0.15, -0.1) is 0 Å². The molecule has 1 aliphatic heterocycles. The number of nitrogens with zero attached hydrogens (tertiary/aromatic N) is 2. The molecule has 0 spiro atoms. The van der Waals surface area contributed by atoms with Crippen LogP contribution in [0.4, 0.5) is 11.4 Å². The Kier molecular flexibility index (Phi) is 8.28. The third kappa shape index (κ3) is 6.69. The van der Waals surface area contributed by atoms with Gasteiger partial charge in [-0.2, -0.15) is 0 Å². The second-order valence-electron chi connectivity index (χ2n) is 7.14. The van der Waals surface area contributed by atoms with Gasteiger partial charge in [-0.05, 0) is 60.7 Å². The Balaban J connectivity index is 1.52. The fraction of sp³-hybridized carbons (Fsp3) is 0.304. The van der Waals surface area contributed by atoms with Crippen molar-refractivity contribution < 1.29 is 9.53 Å². The van der Waals surface area contributed by atoms with Gasteiger partial charge in [-0.3, -0.25) is 10.1 Å². The maximum absolute atomic E-state index is 12.1. The number of likely N-dealkylation sites (N-methyl/N-ethyl adjacent to an activating group) is 1. The van der Waals surface area contributed by atoms with E-state index in [-0.39, 0.29) is 11.0 Å². The van der Waals surface area contributed by atoms with Gasteiger partial charge in [0.1, 0.15) is 5.75 Å². The minimum absolute atomic E-state index is 0.213. The van der Waals surface area contributed by atoms with Gasteiger partial charge in [-0.1, -0.05) is 30.7 Å². The van der Waals surface area contributed by atoms with Crippen LogP contribution in [0.3, 0.4) is 0 Å². The molecule has 2 aromatic rings. The second-order valence-corrected chi connectivity index (χ2v) is 7.95. The molecule has 1 aliphatic rings. The number of piperazine rings is 1. The Hall–Kier alpha value is -2.61. The molecule has 1 saturated heterocycles. The SMILES string of the molecule is CCN1CCN(c2ccc(NC(=S)NC(=O)/C=C/c3ccc(OC)cc3)cc2Cl)CC1. The summed E-state index contributed by atoms with van der Waals surface area (Å²) >= 11 is 11.8. The third-order valence-electron chi connectivity index (χ3n) is 5.15. The molecule has 2 N–H and O–H groups in total. The maximum Gasteiger partial charge on any atom is 0.250 e. The van der Waals surface area contributed by atoms with Crippen LogP contribution in [0.25, 0.3) is 6.08 Å². The lowest BCUT2D eigenvalue weighted by atomic mass is 10.2. The number of benzene rings is 2. The number of carbonyl (C=O) groups excluding carboxylic acids is 1. The molecule has 0 aromatic heterocycles. The number of thiocarbonyl (C=S) groups is 1. The molecule has 0 aliphatic carbocycles. The van der Waals surface area contributed by atoms with Gasteiger partial charge in [0.25, 0.3) is 0 Å². The molecule has 0 atom stereocenters. The summed E-state index contributed by atoms with van der Waals surface area (Å²) in [4.78, 5) is 16.8. The zero-order chi connectivity index (χ0) is 22.2. The van der Waals surface area contributed by atoms with E-state index in [1.807, 2.05) is 42.5 Å². The van der Waals surface area contributed by atoms with E-state index in [0.717, 1.165) is 55.4 Å². The van der Waals surface area contributed by atoms with Crippen molar-refractivity contribution in [3.8, 4) is 5.75 Å². The molecule has 164 valence electrons. The van der Waals surface area contributed by atoms with Crippen molar-refractivity contribution in [2.75, 3.05) is 50.1 Å². The van der Waals surface area contributed by atoms with Gasteiger partial charge in [0, 0.05) is 37.9 Å². The Labute approximate surface area is 193 Å². The normalized spacial score (nSPS) is 14.5. The van der Waals surface area contributed by atoms with E-state index < -0.39 is 0 Å². The van der Waals surface area contributed by atoms with E-state index in [2.05, 4.69) is 27.4 Å². The largest absolute Gasteiger partial charge is 0.497 e. The summed E-state index contributed by atoms with van der Waals surface area (Å²) < 4.78 is 5.12. The number of rotatable bonds is 6. The minimum Gasteiger partial charge on any atom is -0.497 e. The Morgan fingerprint density at radius 3 is 2.48 bits per heavy atom. The molecule has 0 saturated carbocycles. The fourth-order valence-electron chi connectivity index (χ4n) is 3.35. The Morgan fingerprint density at radius 2 is 1.87 bits per heavy atom. The van der Waals surface area contributed by atoms with E-state index in [0.29, 0.717) is 5.02 Å². The van der Waals surface area contributed by atoms with Gasteiger partial charge in [0.15, 0.2) is 5.11 Å². The number of ether oxygens (including phenoxy) is 1. The molecule has 8 heteroatoms. The van der Waals surface area contributed by atoms with E-state index in [1.54, 1.807) is 13.2 Å². The van der Waals surface area contributed by atoms with Crippen LogP contribution >= 0.6 is 23.8 Å². The lowest BCUT2D eigenvalue weighted by Crippen LogP contribution is -2.46. The number of halogens is 1. The molecule has 6 nitrogen and oxygen atoms in total. The zero-order valence-electron chi connectivity index (χ0n) is 17.7. The predicted molar refractivity (Wildman–Crippen MR) is 132 cm³/mol. The number of carbonyl (C=O) groups is 1. The molecule has 1 heterocycles. The van der Waals surface area contributed by atoms with Crippen molar-refractivity contribution in [1.82, 2.24) is 10.2 Å². The topological polar surface area (TPSA) is 56.8 Å². The average Bonchev–Trinajstić information content (AvgIpc) is 2.78. The molecule has 0 radical (unpaired) electrons. The molecule has 1 fully saturated rings. The first-order valence-corrected chi connectivity index (χ1v) is 11.0. The van der Waals surface area contributed by atoms with E-state index in [1.165, 1.54) is 6.08 Å². The highest BCUT2D eigenvalue weighted by molar-refractivity contribution is 7.80. The van der Waals surface area contributed by atoms with Gasteiger partial charge in [-0.25, -0.2) is 0 Å².